The van der Waals surface area contributed by atoms with Gasteiger partial charge in [-0.2, -0.15) is 0 Å². The number of sulfone groups is 1. The summed E-state index contributed by atoms with van der Waals surface area (Å²) in [4.78, 5) is 25.3. The van der Waals surface area contributed by atoms with E-state index < -0.39 is 15.7 Å². The standard InChI is InChI=1S/C20H22N2O4S/c1-27(25,26)18-13-7-5-11-16(18)20(24)22-17-12-6-4-10-15(17)19(23)21-14-8-2-3-9-14/h4-7,10-14H,2-3,8-9H2,1H3,(H,21,23)(H,22,24). The molecule has 0 spiro atoms. The zero-order chi connectivity index (χ0) is 19.4. The lowest BCUT2D eigenvalue weighted by Gasteiger charge is -2.15. The third kappa shape index (κ3) is 4.54. The average molecular weight is 386 g/mol. The Balaban J connectivity index is 1.84. The number of carbonyl (C=O) groups excluding carboxylic acids is 2. The second-order valence-electron chi connectivity index (χ2n) is 6.72. The van der Waals surface area contributed by atoms with Gasteiger partial charge in [0.1, 0.15) is 0 Å². The van der Waals surface area contributed by atoms with Gasteiger partial charge in [0.2, 0.25) is 0 Å². The van der Waals surface area contributed by atoms with Gasteiger partial charge in [-0.15, -0.1) is 0 Å². The molecule has 6 nitrogen and oxygen atoms in total. The van der Waals surface area contributed by atoms with Crippen LogP contribution in [-0.2, 0) is 9.84 Å². The predicted octanol–water partition coefficient (Wildman–Crippen LogP) is 3.01. The zero-order valence-corrected chi connectivity index (χ0v) is 15.9. The first kappa shape index (κ1) is 19.1. The van der Waals surface area contributed by atoms with Crippen LogP contribution in [-0.4, -0.2) is 32.5 Å². The highest BCUT2D eigenvalue weighted by atomic mass is 32.2. The van der Waals surface area contributed by atoms with Crippen molar-refractivity contribution in [2.75, 3.05) is 11.6 Å². The summed E-state index contributed by atoms with van der Waals surface area (Å²) in [7, 11) is -3.55. The van der Waals surface area contributed by atoms with Gasteiger partial charge in [0.25, 0.3) is 11.8 Å². The second-order valence-corrected chi connectivity index (χ2v) is 8.71. The summed E-state index contributed by atoms with van der Waals surface area (Å²) >= 11 is 0. The molecule has 2 aromatic carbocycles. The highest BCUT2D eigenvalue weighted by Crippen LogP contribution is 2.22. The lowest BCUT2D eigenvalue weighted by molar-refractivity contribution is 0.0938. The van der Waals surface area contributed by atoms with Crippen LogP contribution in [0.5, 0.6) is 0 Å². The van der Waals surface area contributed by atoms with Crippen LogP contribution in [0.2, 0.25) is 0 Å². The molecule has 1 fully saturated rings. The van der Waals surface area contributed by atoms with Gasteiger partial charge >= 0.3 is 0 Å². The Morgan fingerprint density at radius 3 is 2.15 bits per heavy atom. The minimum Gasteiger partial charge on any atom is -0.349 e. The molecule has 0 atom stereocenters. The fourth-order valence-corrected chi connectivity index (χ4v) is 4.18. The van der Waals surface area contributed by atoms with Crippen molar-refractivity contribution in [2.24, 2.45) is 0 Å². The molecule has 0 radical (unpaired) electrons. The van der Waals surface area contributed by atoms with Crippen LogP contribution in [0.25, 0.3) is 0 Å². The maximum absolute atomic E-state index is 12.7. The first-order chi connectivity index (χ1) is 12.9. The minimum absolute atomic E-state index is 0.0459. The summed E-state index contributed by atoms with van der Waals surface area (Å²) in [6.07, 6.45) is 5.18. The molecule has 7 heteroatoms. The van der Waals surface area contributed by atoms with Crippen LogP contribution in [0.15, 0.2) is 53.4 Å². The summed E-state index contributed by atoms with van der Waals surface area (Å²) in [6.45, 7) is 0. The summed E-state index contributed by atoms with van der Waals surface area (Å²) in [5.74, 6) is -0.814. The van der Waals surface area contributed by atoms with E-state index in [0.717, 1.165) is 31.9 Å². The van der Waals surface area contributed by atoms with Gasteiger partial charge in [-0.3, -0.25) is 9.59 Å². The highest BCUT2D eigenvalue weighted by molar-refractivity contribution is 7.90. The Kier molecular flexibility index (Phi) is 5.60. The maximum atomic E-state index is 12.7. The van der Waals surface area contributed by atoms with Gasteiger partial charge in [-0.25, -0.2) is 8.42 Å². The molecule has 0 heterocycles. The molecule has 1 saturated carbocycles. The van der Waals surface area contributed by atoms with Crippen LogP contribution in [0.4, 0.5) is 5.69 Å². The summed E-state index contributed by atoms with van der Waals surface area (Å²) in [5.41, 5.74) is 0.752. The molecule has 0 unspecified atom stereocenters. The quantitative estimate of drug-likeness (QED) is 0.826. The van der Waals surface area contributed by atoms with E-state index in [9.17, 15) is 18.0 Å². The smallest absolute Gasteiger partial charge is 0.257 e. The lowest BCUT2D eigenvalue weighted by atomic mass is 10.1. The molecule has 142 valence electrons. The van der Waals surface area contributed by atoms with E-state index in [4.69, 9.17) is 0 Å². The highest BCUT2D eigenvalue weighted by Gasteiger charge is 2.22. The average Bonchev–Trinajstić information content (AvgIpc) is 3.14. The van der Waals surface area contributed by atoms with Crippen molar-refractivity contribution < 1.29 is 18.0 Å². The van der Waals surface area contributed by atoms with Crippen molar-refractivity contribution in [3.63, 3.8) is 0 Å². The molecule has 2 aromatic rings. The molecule has 2 N–H and O–H groups in total. The molecular weight excluding hydrogens is 364 g/mol. The molecule has 3 rings (SSSR count). The first-order valence-electron chi connectivity index (χ1n) is 8.86. The van der Waals surface area contributed by atoms with Crippen molar-refractivity contribution in [3.8, 4) is 0 Å². The number of nitrogens with one attached hydrogen (secondary N) is 2. The van der Waals surface area contributed by atoms with E-state index in [1.54, 1.807) is 36.4 Å². The fraction of sp³-hybridized carbons (Fsp3) is 0.300. The molecule has 0 saturated heterocycles. The van der Waals surface area contributed by atoms with E-state index in [1.807, 2.05) is 0 Å². The topological polar surface area (TPSA) is 92.3 Å². The molecule has 1 aliphatic carbocycles. The Labute approximate surface area is 158 Å². The maximum Gasteiger partial charge on any atom is 0.257 e. The third-order valence-electron chi connectivity index (χ3n) is 4.64. The number of para-hydroxylation sites is 1. The van der Waals surface area contributed by atoms with E-state index in [2.05, 4.69) is 10.6 Å². The molecule has 0 bridgehead atoms. The normalized spacial score (nSPS) is 14.7. The Morgan fingerprint density at radius 1 is 0.889 bits per heavy atom. The molecular formula is C20H22N2O4S. The van der Waals surface area contributed by atoms with Crippen molar-refractivity contribution in [1.29, 1.82) is 0 Å². The first-order valence-corrected chi connectivity index (χ1v) is 10.8. The summed E-state index contributed by atoms with van der Waals surface area (Å²) in [6, 6.07) is 12.9. The van der Waals surface area contributed by atoms with Crippen LogP contribution in [0.3, 0.4) is 0 Å². The number of carbonyl (C=O) groups is 2. The fourth-order valence-electron chi connectivity index (χ4n) is 3.29. The van der Waals surface area contributed by atoms with Crippen molar-refractivity contribution in [2.45, 2.75) is 36.6 Å². The SMILES string of the molecule is CS(=O)(=O)c1ccccc1C(=O)Nc1ccccc1C(=O)NC1CCCC1. The van der Waals surface area contributed by atoms with Crippen LogP contribution in [0.1, 0.15) is 46.4 Å². The molecule has 0 aromatic heterocycles. The van der Waals surface area contributed by atoms with Gasteiger partial charge in [-0.05, 0) is 37.1 Å². The molecule has 2 amide bonds. The Bertz CT molecular complexity index is 963. The minimum atomic E-state index is -3.55. The number of benzene rings is 2. The van der Waals surface area contributed by atoms with Gasteiger partial charge in [0.15, 0.2) is 9.84 Å². The lowest BCUT2D eigenvalue weighted by Crippen LogP contribution is -2.33. The van der Waals surface area contributed by atoms with Crippen LogP contribution < -0.4 is 10.6 Å². The number of rotatable bonds is 5. The third-order valence-corrected chi connectivity index (χ3v) is 5.80. The van der Waals surface area contributed by atoms with E-state index >= 15 is 0 Å². The van der Waals surface area contributed by atoms with Gasteiger partial charge in [0.05, 0.1) is 21.7 Å². The number of anilines is 1. The Morgan fingerprint density at radius 2 is 1.48 bits per heavy atom. The number of amides is 2. The van der Waals surface area contributed by atoms with Gasteiger partial charge < -0.3 is 10.6 Å². The Hall–Kier alpha value is -2.67. The largest absolute Gasteiger partial charge is 0.349 e. The predicted molar refractivity (Wildman–Crippen MR) is 104 cm³/mol. The molecule has 0 aliphatic heterocycles. The second kappa shape index (κ2) is 7.92. The summed E-state index contributed by atoms with van der Waals surface area (Å²) < 4.78 is 23.9. The summed E-state index contributed by atoms with van der Waals surface area (Å²) in [5, 5.41) is 5.68. The van der Waals surface area contributed by atoms with Crippen molar-refractivity contribution in [3.05, 3.63) is 59.7 Å². The van der Waals surface area contributed by atoms with Crippen molar-refractivity contribution >= 4 is 27.3 Å². The zero-order valence-electron chi connectivity index (χ0n) is 15.1. The number of hydrogen-bond donors (Lipinski definition) is 2. The van der Waals surface area contributed by atoms with Crippen molar-refractivity contribution in [1.82, 2.24) is 5.32 Å². The van der Waals surface area contributed by atoms with Gasteiger partial charge in [-0.1, -0.05) is 37.1 Å². The monoisotopic (exact) mass is 386 g/mol. The van der Waals surface area contributed by atoms with E-state index in [-0.39, 0.29) is 22.4 Å². The van der Waals surface area contributed by atoms with E-state index in [1.165, 1.54) is 12.1 Å². The molecule has 1 aliphatic rings. The van der Waals surface area contributed by atoms with Crippen LogP contribution in [0, 0.1) is 0 Å². The number of hydrogen-bond acceptors (Lipinski definition) is 4. The molecule has 27 heavy (non-hydrogen) atoms. The van der Waals surface area contributed by atoms with Crippen LogP contribution >= 0.6 is 0 Å². The van der Waals surface area contributed by atoms with Gasteiger partial charge in [0, 0.05) is 12.3 Å². The van der Waals surface area contributed by atoms with E-state index in [0.29, 0.717) is 11.3 Å².